The zero-order valence-corrected chi connectivity index (χ0v) is 11.8. The lowest BCUT2D eigenvalue weighted by atomic mass is 9.99. The van der Waals surface area contributed by atoms with Gasteiger partial charge in [0, 0.05) is 19.1 Å². The van der Waals surface area contributed by atoms with Crippen molar-refractivity contribution < 1.29 is 0 Å². The second-order valence-electron chi connectivity index (χ2n) is 5.89. The molecule has 1 rings (SSSR count). The van der Waals surface area contributed by atoms with Crippen LogP contribution in [0.3, 0.4) is 0 Å². The first-order valence-electron chi connectivity index (χ1n) is 6.86. The molecule has 3 heteroatoms. The van der Waals surface area contributed by atoms with Gasteiger partial charge in [0.05, 0.1) is 6.07 Å². The second-order valence-corrected chi connectivity index (χ2v) is 5.89. The fourth-order valence-corrected chi connectivity index (χ4v) is 2.01. The number of nitrogens with one attached hydrogen (secondary N) is 1. The maximum Gasteiger partial charge on any atom is 0.105 e. The van der Waals surface area contributed by atoms with Crippen molar-refractivity contribution in [2.24, 2.45) is 5.92 Å². The fraction of sp³-hybridized carbons (Fsp3) is 0.929. The summed E-state index contributed by atoms with van der Waals surface area (Å²) in [5, 5.41) is 12.7. The van der Waals surface area contributed by atoms with E-state index in [9.17, 15) is 5.26 Å². The van der Waals surface area contributed by atoms with Gasteiger partial charge >= 0.3 is 0 Å². The van der Waals surface area contributed by atoms with Gasteiger partial charge in [0.2, 0.25) is 0 Å². The minimum atomic E-state index is -0.342. The maximum atomic E-state index is 9.27. The third kappa shape index (κ3) is 5.52. The quantitative estimate of drug-likeness (QED) is 0.704. The van der Waals surface area contributed by atoms with Crippen LogP contribution in [-0.2, 0) is 0 Å². The zero-order valence-electron chi connectivity index (χ0n) is 11.8. The maximum absolute atomic E-state index is 9.27. The molecule has 0 saturated heterocycles. The van der Waals surface area contributed by atoms with Crippen molar-refractivity contribution in [3.63, 3.8) is 0 Å². The largest absolute Gasteiger partial charge is 0.306 e. The molecule has 0 aliphatic heterocycles. The summed E-state index contributed by atoms with van der Waals surface area (Å²) >= 11 is 0. The van der Waals surface area contributed by atoms with Gasteiger partial charge in [-0.15, -0.1) is 0 Å². The molecule has 1 aliphatic carbocycles. The molecular weight excluding hydrogens is 210 g/mol. The number of nitriles is 1. The molecule has 0 radical (unpaired) electrons. The highest BCUT2D eigenvalue weighted by atomic mass is 15.1. The molecule has 2 atom stereocenters. The molecule has 3 nitrogen and oxygen atoms in total. The van der Waals surface area contributed by atoms with Crippen LogP contribution in [0.15, 0.2) is 0 Å². The van der Waals surface area contributed by atoms with Crippen LogP contribution in [0.1, 0.15) is 46.5 Å². The summed E-state index contributed by atoms with van der Waals surface area (Å²) in [6.07, 6.45) is 4.60. The van der Waals surface area contributed by atoms with Crippen LogP contribution in [-0.4, -0.2) is 36.6 Å². The second kappa shape index (κ2) is 6.37. The Labute approximate surface area is 106 Å². The predicted molar refractivity (Wildman–Crippen MR) is 71.7 cm³/mol. The van der Waals surface area contributed by atoms with Gasteiger partial charge in [0.15, 0.2) is 0 Å². The van der Waals surface area contributed by atoms with Crippen molar-refractivity contribution in [1.82, 2.24) is 10.2 Å². The van der Waals surface area contributed by atoms with Crippen molar-refractivity contribution in [3.8, 4) is 6.07 Å². The third-order valence-corrected chi connectivity index (χ3v) is 3.66. The molecular formula is C14H27N3. The van der Waals surface area contributed by atoms with Crippen molar-refractivity contribution >= 4 is 0 Å². The third-order valence-electron chi connectivity index (χ3n) is 3.66. The van der Waals surface area contributed by atoms with E-state index in [2.05, 4.69) is 37.2 Å². The Morgan fingerprint density at radius 2 is 2.18 bits per heavy atom. The molecule has 0 amide bonds. The van der Waals surface area contributed by atoms with E-state index in [1.807, 2.05) is 6.92 Å². The van der Waals surface area contributed by atoms with E-state index < -0.39 is 0 Å². The summed E-state index contributed by atoms with van der Waals surface area (Å²) in [6.45, 7) is 8.66. The Bertz CT molecular complexity index is 267. The van der Waals surface area contributed by atoms with Gasteiger partial charge in [-0.05, 0) is 39.2 Å². The molecule has 0 aromatic rings. The minimum Gasteiger partial charge on any atom is -0.306 e. The number of nitrogens with zero attached hydrogens (tertiary/aromatic N) is 2. The standard InChI is InChI=1S/C14H27N3/c1-5-12(2)10-17(4)9-8-14(3,11-15)16-13-6-7-13/h12-13,16H,5-10H2,1-4H3. The SMILES string of the molecule is CCC(C)CN(C)CCC(C)(C#N)NC1CC1. The van der Waals surface area contributed by atoms with Crippen molar-refractivity contribution in [1.29, 1.82) is 5.26 Å². The first kappa shape index (κ1) is 14.5. The van der Waals surface area contributed by atoms with E-state index in [1.165, 1.54) is 19.3 Å². The zero-order chi connectivity index (χ0) is 12.9. The summed E-state index contributed by atoms with van der Waals surface area (Å²) in [7, 11) is 2.15. The predicted octanol–water partition coefficient (Wildman–Crippen LogP) is 2.39. The van der Waals surface area contributed by atoms with Gasteiger partial charge in [0.1, 0.15) is 5.54 Å². The molecule has 1 aliphatic rings. The lowest BCUT2D eigenvalue weighted by Gasteiger charge is -2.27. The Hall–Kier alpha value is -0.590. The Balaban J connectivity index is 2.28. The van der Waals surface area contributed by atoms with Crippen molar-refractivity contribution in [2.75, 3.05) is 20.1 Å². The van der Waals surface area contributed by atoms with Crippen molar-refractivity contribution in [2.45, 2.75) is 58.0 Å². The average molecular weight is 237 g/mol. The van der Waals surface area contributed by atoms with Gasteiger partial charge in [-0.1, -0.05) is 20.3 Å². The smallest absolute Gasteiger partial charge is 0.105 e. The van der Waals surface area contributed by atoms with Crippen LogP contribution in [0.25, 0.3) is 0 Å². The van der Waals surface area contributed by atoms with Crippen molar-refractivity contribution in [3.05, 3.63) is 0 Å². The van der Waals surface area contributed by atoms with Crippen LogP contribution in [0.4, 0.5) is 0 Å². The van der Waals surface area contributed by atoms with E-state index in [0.717, 1.165) is 25.4 Å². The molecule has 98 valence electrons. The monoisotopic (exact) mass is 237 g/mol. The van der Waals surface area contributed by atoms with E-state index in [4.69, 9.17) is 0 Å². The van der Waals surface area contributed by atoms with Crippen LogP contribution in [0.2, 0.25) is 0 Å². The van der Waals surface area contributed by atoms with Crippen LogP contribution >= 0.6 is 0 Å². The average Bonchev–Trinajstić information content (AvgIpc) is 3.10. The van der Waals surface area contributed by atoms with E-state index in [1.54, 1.807) is 0 Å². The van der Waals surface area contributed by atoms with Crippen LogP contribution in [0, 0.1) is 17.2 Å². The Morgan fingerprint density at radius 1 is 1.53 bits per heavy atom. The van der Waals surface area contributed by atoms with Gasteiger partial charge in [-0.25, -0.2) is 0 Å². The van der Waals surface area contributed by atoms with E-state index in [0.29, 0.717) is 6.04 Å². The first-order chi connectivity index (χ1) is 7.99. The molecule has 0 bridgehead atoms. The Morgan fingerprint density at radius 3 is 2.65 bits per heavy atom. The van der Waals surface area contributed by atoms with Gasteiger partial charge in [-0.3, -0.25) is 5.32 Å². The summed E-state index contributed by atoms with van der Waals surface area (Å²) in [6, 6.07) is 3.03. The van der Waals surface area contributed by atoms with E-state index in [-0.39, 0.29) is 5.54 Å². The number of hydrogen-bond donors (Lipinski definition) is 1. The normalized spacial score (nSPS) is 20.9. The summed E-state index contributed by atoms with van der Waals surface area (Å²) in [5.74, 6) is 0.740. The van der Waals surface area contributed by atoms with E-state index >= 15 is 0 Å². The van der Waals surface area contributed by atoms with Gasteiger partial charge in [0.25, 0.3) is 0 Å². The number of rotatable bonds is 8. The fourth-order valence-electron chi connectivity index (χ4n) is 2.01. The summed E-state index contributed by atoms with van der Waals surface area (Å²) in [4.78, 5) is 2.35. The summed E-state index contributed by atoms with van der Waals surface area (Å²) in [5.41, 5.74) is -0.342. The Kier molecular flexibility index (Phi) is 5.42. The molecule has 0 heterocycles. The molecule has 0 aromatic carbocycles. The molecule has 1 fully saturated rings. The highest BCUT2D eigenvalue weighted by molar-refractivity contribution is 5.07. The van der Waals surface area contributed by atoms with Gasteiger partial charge in [-0.2, -0.15) is 5.26 Å². The van der Waals surface area contributed by atoms with Gasteiger partial charge < -0.3 is 4.90 Å². The molecule has 1 saturated carbocycles. The highest BCUT2D eigenvalue weighted by Gasteiger charge is 2.32. The highest BCUT2D eigenvalue weighted by Crippen LogP contribution is 2.23. The molecule has 0 aromatic heterocycles. The first-order valence-corrected chi connectivity index (χ1v) is 6.86. The number of hydrogen-bond acceptors (Lipinski definition) is 3. The van der Waals surface area contributed by atoms with Crippen LogP contribution < -0.4 is 5.32 Å². The molecule has 17 heavy (non-hydrogen) atoms. The van der Waals surface area contributed by atoms with Crippen LogP contribution in [0.5, 0.6) is 0 Å². The molecule has 2 unspecified atom stereocenters. The lowest BCUT2D eigenvalue weighted by Crippen LogP contribution is -2.45. The lowest BCUT2D eigenvalue weighted by molar-refractivity contribution is 0.253. The summed E-state index contributed by atoms with van der Waals surface area (Å²) < 4.78 is 0. The molecule has 0 spiro atoms. The minimum absolute atomic E-state index is 0.342. The topological polar surface area (TPSA) is 39.1 Å². The molecule has 1 N–H and O–H groups in total.